The number of nitrogens with one attached hydrogen (secondary N) is 2. The summed E-state index contributed by atoms with van der Waals surface area (Å²) >= 11 is 0. The molecule has 1 aromatic carbocycles. The van der Waals surface area contributed by atoms with E-state index in [1.165, 1.54) is 0 Å². The molecule has 0 radical (unpaired) electrons. The summed E-state index contributed by atoms with van der Waals surface area (Å²) in [6.45, 7) is 1.50. The van der Waals surface area contributed by atoms with Gasteiger partial charge >= 0.3 is 0 Å². The molecular weight excluding hydrogens is 214 g/mol. The quantitative estimate of drug-likeness (QED) is 0.837. The van der Waals surface area contributed by atoms with Crippen LogP contribution in [0.25, 0.3) is 10.9 Å². The molecule has 17 heavy (non-hydrogen) atoms. The molecule has 0 bridgehead atoms. The monoisotopic (exact) mass is 231 g/mol. The minimum absolute atomic E-state index is 0.0279. The molecule has 0 saturated heterocycles. The molecule has 2 rings (SSSR count). The molecule has 1 amide bonds. The first-order valence-corrected chi connectivity index (χ1v) is 5.67. The predicted molar refractivity (Wildman–Crippen MR) is 69.2 cm³/mol. The summed E-state index contributed by atoms with van der Waals surface area (Å²) in [7, 11) is 3.97. The molecule has 0 aliphatic carbocycles. The van der Waals surface area contributed by atoms with Crippen LogP contribution < -0.4 is 5.32 Å². The van der Waals surface area contributed by atoms with E-state index in [0.717, 1.165) is 17.4 Å². The molecule has 2 aromatic rings. The average Bonchev–Trinajstić information content (AvgIpc) is 2.75. The lowest BCUT2D eigenvalue weighted by Gasteiger charge is -2.10. The molecule has 0 spiro atoms. The standard InChI is InChI=1S/C13H17N3O/c1-16(2)9-8-15-13(17)11-5-3-4-10-6-7-14-12(10)11/h3-7,14H,8-9H2,1-2H3,(H,15,17). The largest absolute Gasteiger partial charge is 0.361 e. The van der Waals surface area contributed by atoms with E-state index in [1.807, 2.05) is 49.5 Å². The highest BCUT2D eigenvalue weighted by molar-refractivity contribution is 6.05. The molecular formula is C13H17N3O. The van der Waals surface area contributed by atoms with Gasteiger partial charge in [0.05, 0.1) is 11.1 Å². The number of carbonyl (C=O) groups excluding carboxylic acids is 1. The smallest absolute Gasteiger partial charge is 0.253 e. The van der Waals surface area contributed by atoms with Gasteiger partial charge in [-0.2, -0.15) is 0 Å². The first-order chi connectivity index (χ1) is 8.18. The number of carbonyl (C=O) groups is 1. The zero-order valence-electron chi connectivity index (χ0n) is 10.2. The van der Waals surface area contributed by atoms with Gasteiger partial charge in [0.1, 0.15) is 0 Å². The molecule has 0 aliphatic heterocycles. The number of para-hydroxylation sites is 1. The molecule has 0 aliphatic rings. The summed E-state index contributed by atoms with van der Waals surface area (Å²) in [6, 6.07) is 7.69. The predicted octanol–water partition coefficient (Wildman–Crippen LogP) is 1.46. The summed E-state index contributed by atoms with van der Waals surface area (Å²) < 4.78 is 0. The Kier molecular flexibility index (Phi) is 3.44. The summed E-state index contributed by atoms with van der Waals surface area (Å²) in [6.07, 6.45) is 1.85. The average molecular weight is 231 g/mol. The van der Waals surface area contributed by atoms with Crippen LogP contribution in [0.1, 0.15) is 10.4 Å². The van der Waals surface area contributed by atoms with E-state index in [-0.39, 0.29) is 5.91 Å². The summed E-state index contributed by atoms with van der Waals surface area (Å²) in [5.41, 5.74) is 1.60. The van der Waals surface area contributed by atoms with Gasteiger partial charge in [0, 0.05) is 24.7 Å². The van der Waals surface area contributed by atoms with E-state index in [2.05, 4.69) is 10.3 Å². The third kappa shape index (κ3) is 2.65. The van der Waals surface area contributed by atoms with Crippen molar-refractivity contribution in [3.8, 4) is 0 Å². The summed E-state index contributed by atoms with van der Waals surface area (Å²) in [5, 5.41) is 3.97. The summed E-state index contributed by atoms with van der Waals surface area (Å²) in [5.74, 6) is -0.0279. The van der Waals surface area contributed by atoms with Gasteiger partial charge < -0.3 is 15.2 Å². The van der Waals surface area contributed by atoms with Gasteiger partial charge in [-0.25, -0.2) is 0 Å². The highest BCUT2D eigenvalue weighted by Gasteiger charge is 2.09. The first-order valence-electron chi connectivity index (χ1n) is 5.67. The van der Waals surface area contributed by atoms with E-state index in [0.29, 0.717) is 12.1 Å². The van der Waals surface area contributed by atoms with Crippen LogP contribution in [0, 0.1) is 0 Å². The minimum Gasteiger partial charge on any atom is -0.361 e. The van der Waals surface area contributed by atoms with Crippen molar-refractivity contribution >= 4 is 16.8 Å². The van der Waals surface area contributed by atoms with E-state index in [4.69, 9.17) is 0 Å². The Morgan fingerprint density at radius 3 is 2.94 bits per heavy atom. The zero-order chi connectivity index (χ0) is 12.3. The van der Waals surface area contributed by atoms with Crippen molar-refractivity contribution in [1.29, 1.82) is 0 Å². The molecule has 90 valence electrons. The maximum atomic E-state index is 12.0. The third-order valence-electron chi connectivity index (χ3n) is 2.68. The Balaban J connectivity index is 2.11. The molecule has 0 atom stereocenters. The normalized spacial score (nSPS) is 11.0. The molecule has 2 N–H and O–H groups in total. The van der Waals surface area contributed by atoms with Gasteiger partial charge in [0.25, 0.3) is 5.91 Å². The number of fused-ring (bicyclic) bond motifs is 1. The van der Waals surface area contributed by atoms with Crippen LogP contribution in [0.2, 0.25) is 0 Å². The van der Waals surface area contributed by atoms with E-state index in [1.54, 1.807) is 0 Å². The van der Waals surface area contributed by atoms with Crippen molar-refractivity contribution in [3.05, 3.63) is 36.0 Å². The highest BCUT2D eigenvalue weighted by Crippen LogP contribution is 2.16. The Morgan fingerprint density at radius 1 is 1.35 bits per heavy atom. The molecule has 0 fully saturated rings. The van der Waals surface area contributed by atoms with Crippen molar-refractivity contribution in [2.45, 2.75) is 0 Å². The lowest BCUT2D eigenvalue weighted by Crippen LogP contribution is -2.31. The van der Waals surface area contributed by atoms with Crippen molar-refractivity contribution in [1.82, 2.24) is 15.2 Å². The van der Waals surface area contributed by atoms with Gasteiger partial charge in [0.2, 0.25) is 0 Å². The molecule has 1 aromatic heterocycles. The Labute approximate surface area is 101 Å². The van der Waals surface area contributed by atoms with Gasteiger partial charge in [-0.1, -0.05) is 12.1 Å². The first kappa shape index (κ1) is 11.7. The van der Waals surface area contributed by atoms with E-state index < -0.39 is 0 Å². The van der Waals surface area contributed by atoms with Gasteiger partial charge in [-0.05, 0) is 26.2 Å². The maximum Gasteiger partial charge on any atom is 0.253 e. The Hall–Kier alpha value is -1.81. The SMILES string of the molecule is CN(C)CCNC(=O)c1cccc2cc[nH]c12. The number of aromatic amines is 1. The van der Waals surface area contributed by atoms with Gasteiger partial charge in [-0.15, -0.1) is 0 Å². The molecule has 0 saturated carbocycles. The fourth-order valence-corrected chi connectivity index (χ4v) is 1.76. The molecule has 4 heteroatoms. The number of amides is 1. The number of benzene rings is 1. The van der Waals surface area contributed by atoms with Crippen molar-refractivity contribution in [2.75, 3.05) is 27.2 Å². The number of rotatable bonds is 4. The number of nitrogens with zero attached hydrogens (tertiary/aromatic N) is 1. The van der Waals surface area contributed by atoms with Crippen LogP contribution in [0.3, 0.4) is 0 Å². The van der Waals surface area contributed by atoms with Gasteiger partial charge in [0.15, 0.2) is 0 Å². The zero-order valence-corrected chi connectivity index (χ0v) is 10.2. The summed E-state index contributed by atoms with van der Waals surface area (Å²) in [4.78, 5) is 17.1. The van der Waals surface area contributed by atoms with Gasteiger partial charge in [-0.3, -0.25) is 4.79 Å². The number of aromatic nitrogens is 1. The van der Waals surface area contributed by atoms with Crippen LogP contribution in [0.5, 0.6) is 0 Å². The number of hydrogen-bond donors (Lipinski definition) is 2. The second kappa shape index (κ2) is 5.01. The highest BCUT2D eigenvalue weighted by atomic mass is 16.1. The van der Waals surface area contributed by atoms with Crippen LogP contribution in [-0.4, -0.2) is 43.0 Å². The van der Waals surface area contributed by atoms with Crippen LogP contribution >= 0.6 is 0 Å². The topological polar surface area (TPSA) is 48.1 Å². The lowest BCUT2D eigenvalue weighted by atomic mass is 10.1. The Morgan fingerprint density at radius 2 is 2.18 bits per heavy atom. The van der Waals surface area contributed by atoms with Crippen LogP contribution in [-0.2, 0) is 0 Å². The fraction of sp³-hybridized carbons (Fsp3) is 0.308. The maximum absolute atomic E-state index is 12.0. The number of hydrogen-bond acceptors (Lipinski definition) is 2. The molecule has 0 unspecified atom stereocenters. The third-order valence-corrected chi connectivity index (χ3v) is 2.68. The van der Waals surface area contributed by atoms with Crippen molar-refractivity contribution < 1.29 is 4.79 Å². The lowest BCUT2D eigenvalue weighted by molar-refractivity contribution is 0.0952. The fourth-order valence-electron chi connectivity index (χ4n) is 1.76. The number of likely N-dealkylation sites (N-methyl/N-ethyl adjacent to an activating group) is 1. The second-order valence-electron chi connectivity index (χ2n) is 4.31. The van der Waals surface area contributed by atoms with Crippen molar-refractivity contribution in [2.24, 2.45) is 0 Å². The van der Waals surface area contributed by atoms with E-state index in [9.17, 15) is 4.79 Å². The van der Waals surface area contributed by atoms with Crippen LogP contribution in [0.15, 0.2) is 30.5 Å². The van der Waals surface area contributed by atoms with Crippen LogP contribution in [0.4, 0.5) is 0 Å². The Bertz CT molecular complexity index is 516. The molecule has 4 nitrogen and oxygen atoms in total. The molecule has 1 heterocycles. The van der Waals surface area contributed by atoms with Crippen molar-refractivity contribution in [3.63, 3.8) is 0 Å². The second-order valence-corrected chi connectivity index (χ2v) is 4.31. The number of H-pyrrole nitrogens is 1. The minimum atomic E-state index is -0.0279. The van der Waals surface area contributed by atoms with E-state index >= 15 is 0 Å².